The minimum Gasteiger partial charge on any atom is -0.207 e. The van der Waals surface area contributed by atoms with Crippen LogP contribution in [-0.4, -0.2) is 8.42 Å². The molecular formula is C13H9ClF2O2S. The molecule has 0 spiro atoms. The van der Waals surface area contributed by atoms with Crippen molar-refractivity contribution in [2.45, 2.75) is 11.8 Å². The molecule has 0 bridgehead atoms. The van der Waals surface area contributed by atoms with Gasteiger partial charge in [0.1, 0.15) is 11.6 Å². The molecule has 0 unspecified atom stereocenters. The molecule has 100 valence electrons. The maximum atomic E-state index is 13.2. The fourth-order valence-corrected chi connectivity index (χ4v) is 2.64. The normalized spacial score (nSPS) is 11.6. The zero-order valence-electron chi connectivity index (χ0n) is 9.82. The van der Waals surface area contributed by atoms with Gasteiger partial charge in [0.2, 0.25) is 0 Å². The molecule has 0 N–H and O–H groups in total. The van der Waals surface area contributed by atoms with Gasteiger partial charge in [-0.1, -0.05) is 6.07 Å². The molecule has 6 heteroatoms. The van der Waals surface area contributed by atoms with Crippen LogP contribution in [-0.2, 0) is 9.05 Å². The van der Waals surface area contributed by atoms with Crippen molar-refractivity contribution >= 4 is 19.7 Å². The van der Waals surface area contributed by atoms with Crippen LogP contribution in [0.15, 0.2) is 41.3 Å². The summed E-state index contributed by atoms with van der Waals surface area (Å²) in [6, 6.07) is 7.30. The minimum atomic E-state index is -3.89. The van der Waals surface area contributed by atoms with Crippen LogP contribution in [0.1, 0.15) is 5.56 Å². The van der Waals surface area contributed by atoms with Gasteiger partial charge in [0.25, 0.3) is 9.05 Å². The van der Waals surface area contributed by atoms with Crippen molar-refractivity contribution < 1.29 is 17.2 Å². The van der Waals surface area contributed by atoms with Crippen LogP contribution >= 0.6 is 10.7 Å². The van der Waals surface area contributed by atoms with E-state index < -0.39 is 20.7 Å². The fraction of sp³-hybridized carbons (Fsp3) is 0.0769. The Labute approximate surface area is 114 Å². The largest absolute Gasteiger partial charge is 0.261 e. The molecule has 0 fully saturated rings. The molecule has 0 aliphatic rings. The van der Waals surface area contributed by atoms with E-state index in [9.17, 15) is 17.2 Å². The first kappa shape index (κ1) is 14.0. The molecule has 0 saturated carbocycles. The van der Waals surface area contributed by atoms with Gasteiger partial charge in [-0.15, -0.1) is 0 Å². The van der Waals surface area contributed by atoms with Crippen molar-refractivity contribution in [2.75, 3.05) is 0 Å². The van der Waals surface area contributed by atoms with Crippen LogP contribution in [0, 0.1) is 18.6 Å². The lowest BCUT2D eigenvalue weighted by Crippen LogP contribution is -1.93. The molecule has 2 aromatic carbocycles. The lowest BCUT2D eigenvalue weighted by atomic mass is 10.0. The van der Waals surface area contributed by atoms with E-state index in [2.05, 4.69) is 0 Å². The molecule has 0 amide bonds. The topological polar surface area (TPSA) is 34.1 Å². The van der Waals surface area contributed by atoms with Crippen LogP contribution in [0.3, 0.4) is 0 Å². The van der Waals surface area contributed by atoms with Gasteiger partial charge < -0.3 is 0 Å². The zero-order valence-corrected chi connectivity index (χ0v) is 11.4. The fourth-order valence-electron chi connectivity index (χ4n) is 1.78. The standard InChI is InChI=1S/C13H9ClF2O2S/c1-8-2-9(6-13(3-8)19(14,17)18)10-4-11(15)7-12(16)5-10/h2-7H,1H3. The molecule has 0 aliphatic carbocycles. The summed E-state index contributed by atoms with van der Waals surface area (Å²) in [5.41, 5.74) is 1.27. The maximum Gasteiger partial charge on any atom is 0.261 e. The number of rotatable bonds is 2. The number of hydrogen-bond donors (Lipinski definition) is 0. The summed E-state index contributed by atoms with van der Waals surface area (Å²) in [5.74, 6) is -1.46. The van der Waals surface area contributed by atoms with Crippen LogP contribution < -0.4 is 0 Å². The molecule has 2 rings (SSSR count). The first-order valence-electron chi connectivity index (χ1n) is 5.28. The third-order valence-electron chi connectivity index (χ3n) is 2.53. The Kier molecular flexibility index (Phi) is 3.60. The highest BCUT2D eigenvalue weighted by Crippen LogP contribution is 2.27. The highest BCUT2D eigenvalue weighted by Gasteiger charge is 2.13. The van der Waals surface area contributed by atoms with Crippen molar-refractivity contribution in [3.05, 3.63) is 53.6 Å². The van der Waals surface area contributed by atoms with E-state index in [-0.39, 0.29) is 10.5 Å². The predicted molar refractivity (Wildman–Crippen MR) is 69.6 cm³/mol. The van der Waals surface area contributed by atoms with Crippen LogP contribution in [0.25, 0.3) is 11.1 Å². The Morgan fingerprint density at radius 1 is 0.895 bits per heavy atom. The Morgan fingerprint density at radius 2 is 1.42 bits per heavy atom. The number of benzene rings is 2. The first-order valence-corrected chi connectivity index (χ1v) is 7.59. The van der Waals surface area contributed by atoms with E-state index in [1.54, 1.807) is 13.0 Å². The quantitative estimate of drug-likeness (QED) is 0.789. The molecule has 0 saturated heterocycles. The summed E-state index contributed by atoms with van der Waals surface area (Å²) in [4.78, 5) is -0.103. The summed E-state index contributed by atoms with van der Waals surface area (Å²) >= 11 is 0. The van der Waals surface area contributed by atoms with Gasteiger partial charge in [-0.3, -0.25) is 0 Å². The SMILES string of the molecule is Cc1cc(-c2cc(F)cc(F)c2)cc(S(=O)(=O)Cl)c1. The molecule has 0 heterocycles. The van der Waals surface area contributed by atoms with Crippen molar-refractivity contribution in [1.82, 2.24) is 0 Å². The smallest absolute Gasteiger partial charge is 0.207 e. The third kappa shape index (κ3) is 3.30. The third-order valence-corrected chi connectivity index (χ3v) is 3.86. The van der Waals surface area contributed by atoms with Gasteiger partial charge in [-0.2, -0.15) is 0 Å². The Hall–Kier alpha value is -1.46. The van der Waals surface area contributed by atoms with Crippen molar-refractivity contribution in [1.29, 1.82) is 0 Å². The van der Waals surface area contributed by atoms with Gasteiger partial charge in [0.05, 0.1) is 4.90 Å². The summed E-state index contributed by atoms with van der Waals surface area (Å²) in [6.45, 7) is 1.67. The van der Waals surface area contributed by atoms with E-state index in [1.165, 1.54) is 12.1 Å². The van der Waals surface area contributed by atoms with Crippen molar-refractivity contribution in [3.8, 4) is 11.1 Å². The summed E-state index contributed by atoms with van der Waals surface area (Å²) < 4.78 is 49.0. The molecule has 2 nitrogen and oxygen atoms in total. The van der Waals surface area contributed by atoms with E-state index in [0.717, 1.165) is 18.2 Å². The molecule has 0 aromatic heterocycles. The summed E-state index contributed by atoms with van der Waals surface area (Å²) in [7, 11) is 1.39. The van der Waals surface area contributed by atoms with Gasteiger partial charge in [-0.25, -0.2) is 17.2 Å². The van der Waals surface area contributed by atoms with E-state index >= 15 is 0 Å². The first-order chi connectivity index (χ1) is 8.75. The second kappa shape index (κ2) is 4.90. The minimum absolute atomic E-state index is 0.103. The number of aryl methyl sites for hydroxylation is 1. The van der Waals surface area contributed by atoms with Gasteiger partial charge >= 0.3 is 0 Å². The lowest BCUT2D eigenvalue weighted by Gasteiger charge is -2.06. The predicted octanol–water partition coefficient (Wildman–Crippen LogP) is 3.87. The van der Waals surface area contributed by atoms with Crippen molar-refractivity contribution in [2.24, 2.45) is 0 Å². The Balaban J connectivity index is 2.66. The molecule has 2 aromatic rings. The van der Waals surface area contributed by atoms with E-state index in [1.807, 2.05) is 0 Å². The van der Waals surface area contributed by atoms with Crippen LogP contribution in [0.2, 0.25) is 0 Å². The molecule has 0 aliphatic heterocycles. The Morgan fingerprint density at radius 3 is 1.95 bits per heavy atom. The van der Waals surface area contributed by atoms with Gasteiger partial charge in [0.15, 0.2) is 0 Å². The average Bonchev–Trinajstić information content (AvgIpc) is 2.25. The van der Waals surface area contributed by atoms with Crippen molar-refractivity contribution in [3.63, 3.8) is 0 Å². The van der Waals surface area contributed by atoms with Gasteiger partial charge in [0, 0.05) is 16.7 Å². The molecule has 0 radical (unpaired) electrons. The highest BCUT2D eigenvalue weighted by atomic mass is 35.7. The monoisotopic (exact) mass is 302 g/mol. The lowest BCUT2D eigenvalue weighted by molar-refractivity contribution is 0.584. The van der Waals surface area contributed by atoms with Crippen LogP contribution in [0.5, 0.6) is 0 Å². The molecule has 0 atom stereocenters. The summed E-state index contributed by atoms with van der Waals surface area (Å²) in [5, 5.41) is 0. The Bertz CT molecular complexity index is 722. The van der Waals surface area contributed by atoms with E-state index in [4.69, 9.17) is 10.7 Å². The van der Waals surface area contributed by atoms with Crippen LogP contribution in [0.4, 0.5) is 8.78 Å². The second-order valence-electron chi connectivity index (χ2n) is 4.13. The maximum absolute atomic E-state index is 13.2. The van der Waals surface area contributed by atoms with Gasteiger partial charge in [-0.05, 0) is 47.9 Å². The number of halogens is 3. The molecular weight excluding hydrogens is 294 g/mol. The average molecular weight is 303 g/mol. The number of hydrogen-bond acceptors (Lipinski definition) is 2. The zero-order chi connectivity index (χ0) is 14.2. The molecule has 19 heavy (non-hydrogen) atoms. The summed E-state index contributed by atoms with van der Waals surface area (Å²) in [6.07, 6.45) is 0. The highest BCUT2D eigenvalue weighted by molar-refractivity contribution is 8.13. The van der Waals surface area contributed by atoms with E-state index in [0.29, 0.717) is 11.1 Å². The second-order valence-corrected chi connectivity index (χ2v) is 6.70.